The van der Waals surface area contributed by atoms with Gasteiger partial charge in [-0.15, -0.1) is 0 Å². The first-order chi connectivity index (χ1) is 11.6. The normalized spacial score (nSPS) is 24.5. The van der Waals surface area contributed by atoms with Gasteiger partial charge in [0.25, 0.3) is 0 Å². The molecular formula is C17H28N4O3. The second kappa shape index (κ2) is 8.07. The van der Waals surface area contributed by atoms with Gasteiger partial charge in [-0.1, -0.05) is 0 Å². The lowest BCUT2D eigenvalue weighted by atomic mass is 10.1. The summed E-state index contributed by atoms with van der Waals surface area (Å²) >= 11 is 0. The molecule has 3 rings (SSSR count). The van der Waals surface area contributed by atoms with Crippen molar-refractivity contribution in [3.63, 3.8) is 0 Å². The quantitative estimate of drug-likeness (QED) is 0.739. The Bertz CT molecular complexity index is 554. The van der Waals surface area contributed by atoms with E-state index in [-0.39, 0.29) is 18.1 Å². The Morgan fingerprint density at radius 2 is 2.21 bits per heavy atom. The van der Waals surface area contributed by atoms with Crippen molar-refractivity contribution < 1.29 is 14.3 Å². The Kier molecular flexibility index (Phi) is 5.84. The summed E-state index contributed by atoms with van der Waals surface area (Å²) in [6.07, 6.45) is 4.89. The van der Waals surface area contributed by atoms with Crippen LogP contribution >= 0.6 is 0 Å². The van der Waals surface area contributed by atoms with E-state index in [4.69, 9.17) is 9.47 Å². The second-order valence-corrected chi connectivity index (χ2v) is 6.75. The van der Waals surface area contributed by atoms with E-state index in [9.17, 15) is 4.79 Å². The van der Waals surface area contributed by atoms with Crippen molar-refractivity contribution in [2.24, 2.45) is 0 Å². The number of aryl methyl sites for hydroxylation is 2. The highest BCUT2D eigenvalue weighted by molar-refractivity contribution is 5.76. The summed E-state index contributed by atoms with van der Waals surface area (Å²) in [5.41, 5.74) is 0. The standard InChI is InChI=1S/C17H28N4O3/c1-13-18-14(2)21(19-13)15-5-3-8-20(11-15)17(22)7-10-23-12-16-6-4-9-24-16/h15-16H,3-12H2,1-2H3/t15-,16+/m1/s1. The van der Waals surface area contributed by atoms with Gasteiger partial charge in [0.05, 0.1) is 31.8 Å². The number of rotatable bonds is 6. The number of aromatic nitrogens is 3. The molecule has 0 saturated carbocycles. The summed E-state index contributed by atoms with van der Waals surface area (Å²) in [5, 5.41) is 4.48. The molecule has 1 amide bonds. The van der Waals surface area contributed by atoms with Crippen LogP contribution in [-0.2, 0) is 14.3 Å². The largest absolute Gasteiger partial charge is 0.378 e. The molecule has 0 aliphatic carbocycles. The summed E-state index contributed by atoms with van der Waals surface area (Å²) in [5.74, 6) is 1.88. The average Bonchev–Trinajstić information content (AvgIpc) is 3.21. The Balaban J connectivity index is 1.43. The van der Waals surface area contributed by atoms with E-state index in [0.29, 0.717) is 26.2 Å². The molecule has 134 valence electrons. The summed E-state index contributed by atoms with van der Waals surface area (Å²) in [6.45, 7) is 7.33. The van der Waals surface area contributed by atoms with E-state index >= 15 is 0 Å². The minimum atomic E-state index is 0.168. The highest BCUT2D eigenvalue weighted by Crippen LogP contribution is 2.22. The van der Waals surface area contributed by atoms with Crippen molar-refractivity contribution in [1.82, 2.24) is 19.7 Å². The maximum absolute atomic E-state index is 12.4. The lowest BCUT2D eigenvalue weighted by Gasteiger charge is -2.33. The second-order valence-electron chi connectivity index (χ2n) is 6.75. The van der Waals surface area contributed by atoms with Crippen LogP contribution in [0.25, 0.3) is 0 Å². The number of nitrogens with zero attached hydrogens (tertiary/aromatic N) is 4. The molecule has 2 saturated heterocycles. The van der Waals surface area contributed by atoms with Crippen LogP contribution < -0.4 is 0 Å². The summed E-state index contributed by atoms with van der Waals surface area (Å²) in [7, 11) is 0. The van der Waals surface area contributed by atoms with E-state index in [2.05, 4.69) is 10.1 Å². The van der Waals surface area contributed by atoms with Gasteiger partial charge in [0.15, 0.2) is 0 Å². The van der Waals surface area contributed by atoms with E-state index in [1.165, 1.54) is 0 Å². The van der Waals surface area contributed by atoms with Crippen LogP contribution in [0.4, 0.5) is 0 Å². The van der Waals surface area contributed by atoms with E-state index in [0.717, 1.165) is 50.5 Å². The van der Waals surface area contributed by atoms with Crippen LogP contribution in [0.5, 0.6) is 0 Å². The highest BCUT2D eigenvalue weighted by atomic mass is 16.5. The molecule has 0 aromatic carbocycles. The molecule has 1 aromatic heterocycles. The molecule has 0 bridgehead atoms. The number of piperidine rings is 1. The minimum absolute atomic E-state index is 0.168. The first kappa shape index (κ1) is 17.4. The Hall–Kier alpha value is -1.47. The monoisotopic (exact) mass is 336 g/mol. The fourth-order valence-corrected chi connectivity index (χ4v) is 3.57. The van der Waals surface area contributed by atoms with Gasteiger partial charge < -0.3 is 14.4 Å². The zero-order chi connectivity index (χ0) is 16.9. The van der Waals surface area contributed by atoms with Crippen LogP contribution in [-0.4, -0.2) is 64.6 Å². The van der Waals surface area contributed by atoms with Gasteiger partial charge in [-0.2, -0.15) is 5.10 Å². The predicted molar refractivity (Wildman–Crippen MR) is 88.8 cm³/mol. The molecule has 0 N–H and O–H groups in total. The molecule has 0 radical (unpaired) electrons. The first-order valence-corrected chi connectivity index (χ1v) is 9.00. The molecule has 7 heteroatoms. The number of hydrogen-bond donors (Lipinski definition) is 0. The van der Waals surface area contributed by atoms with Gasteiger partial charge in [0.1, 0.15) is 11.6 Å². The van der Waals surface area contributed by atoms with Gasteiger partial charge in [-0.05, 0) is 39.5 Å². The minimum Gasteiger partial charge on any atom is -0.378 e. The summed E-state index contributed by atoms with van der Waals surface area (Å²) in [4.78, 5) is 18.7. The third kappa shape index (κ3) is 4.33. The summed E-state index contributed by atoms with van der Waals surface area (Å²) in [6, 6.07) is 0.233. The van der Waals surface area contributed by atoms with E-state index < -0.39 is 0 Å². The van der Waals surface area contributed by atoms with E-state index in [1.54, 1.807) is 0 Å². The van der Waals surface area contributed by atoms with Gasteiger partial charge in [0.2, 0.25) is 5.91 Å². The van der Waals surface area contributed by atoms with Gasteiger partial charge >= 0.3 is 0 Å². The molecule has 2 fully saturated rings. The predicted octanol–water partition coefficient (Wildman–Crippen LogP) is 1.64. The van der Waals surface area contributed by atoms with Crippen LogP contribution in [0.1, 0.15) is 49.8 Å². The van der Waals surface area contributed by atoms with Crippen molar-refractivity contribution in [1.29, 1.82) is 0 Å². The third-order valence-corrected chi connectivity index (χ3v) is 4.79. The van der Waals surface area contributed by atoms with Crippen molar-refractivity contribution in [3.05, 3.63) is 11.6 Å². The van der Waals surface area contributed by atoms with E-state index in [1.807, 2.05) is 23.4 Å². The van der Waals surface area contributed by atoms with Gasteiger partial charge in [0, 0.05) is 19.7 Å². The molecule has 2 aliphatic rings. The fraction of sp³-hybridized carbons (Fsp3) is 0.824. The Morgan fingerprint density at radius 3 is 2.92 bits per heavy atom. The number of ether oxygens (including phenoxy) is 2. The van der Waals surface area contributed by atoms with Crippen LogP contribution in [0.15, 0.2) is 0 Å². The Labute approximate surface area is 143 Å². The molecule has 7 nitrogen and oxygen atoms in total. The zero-order valence-electron chi connectivity index (χ0n) is 14.7. The van der Waals surface area contributed by atoms with Crippen LogP contribution in [0, 0.1) is 13.8 Å². The smallest absolute Gasteiger partial charge is 0.224 e. The fourth-order valence-electron chi connectivity index (χ4n) is 3.57. The lowest BCUT2D eigenvalue weighted by molar-refractivity contribution is -0.134. The molecule has 1 aromatic rings. The number of hydrogen-bond acceptors (Lipinski definition) is 5. The molecular weight excluding hydrogens is 308 g/mol. The molecule has 3 heterocycles. The molecule has 0 spiro atoms. The number of likely N-dealkylation sites (tertiary alicyclic amines) is 1. The number of carbonyl (C=O) groups is 1. The first-order valence-electron chi connectivity index (χ1n) is 9.00. The highest BCUT2D eigenvalue weighted by Gasteiger charge is 2.26. The van der Waals surface area contributed by atoms with Crippen molar-refractivity contribution in [2.75, 3.05) is 32.9 Å². The van der Waals surface area contributed by atoms with Crippen molar-refractivity contribution in [3.8, 4) is 0 Å². The molecule has 2 atom stereocenters. The zero-order valence-corrected chi connectivity index (χ0v) is 14.7. The lowest BCUT2D eigenvalue weighted by Crippen LogP contribution is -2.41. The van der Waals surface area contributed by atoms with Gasteiger partial charge in [-0.3, -0.25) is 4.79 Å². The SMILES string of the molecule is Cc1nc(C)n([C@@H]2CCCN(C(=O)CCOC[C@@H]3CCCO3)C2)n1. The number of amides is 1. The number of carbonyl (C=O) groups excluding carboxylic acids is 1. The van der Waals surface area contributed by atoms with Crippen LogP contribution in [0.2, 0.25) is 0 Å². The molecule has 24 heavy (non-hydrogen) atoms. The average molecular weight is 336 g/mol. The topological polar surface area (TPSA) is 69.5 Å². The maximum atomic E-state index is 12.4. The third-order valence-electron chi connectivity index (χ3n) is 4.79. The maximum Gasteiger partial charge on any atom is 0.224 e. The van der Waals surface area contributed by atoms with Crippen molar-refractivity contribution >= 4 is 5.91 Å². The molecule has 2 aliphatic heterocycles. The van der Waals surface area contributed by atoms with Crippen molar-refractivity contribution in [2.45, 2.75) is 58.1 Å². The molecule has 0 unspecified atom stereocenters. The van der Waals surface area contributed by atoms with Crippen LogP contribution in [0.3, 0.4) is 0 Å². The summed E-state index contributed by atoms with van der Waals surface area (Å²) < 4.78 is 13.1. The van der Waals surface area contributed by atoms with Gasteiger partial charge in [-0.25, -0.2) is 9.67 Å². The Morgan fingerprint density at radius 1 is 1.33 bits per heavy atom.